The van der Waals surface area contributed by atoms with Crippen LogP contribution in [0, 0.1) is 0 Å². The fourth-order valence-corrected chi connectivity index (χ4v) is 1.69. The quantitative estimate of drug-likeness (QED) is 0.441. The van der Waals surface area contributed by atoms with E-state index in [1.54, 1.807) is 0 Å². The van der Waals surface area contributed by atoms with Gasteiger partial charge in [-0.05, 0) is 12.1 Å². The molecule has 0 radical (unpaired) electrons. The zero-order valence-corrected chi connectivity index (χ0v) is 11.0. The maximum Gasteiger partial charge on any atom is 0.439 e. The van der Waals surface area contributed by atoms with E-state index in [9.17, 15) is 31.1 Å². The molecule has 1 atom stereocenters. The highest BCUT2D eigenvalue weighted by Gasteiger charge is 2.59. The lowest BCUT2D eigenvalue weighted by Crippen LogP contribution is -2.45. The third-order valence-electron chi connectivity index (χ3n) is 1.98. The molecule has 1 rings (SSSR count). The van der Waals surface area contributed by atoms with Crippen LogP contribution in [0.5, 0.6) is 5.75 Å². The molecular weight excluding hydrogens is 351 g/mol. The Morgan fingerprint density at radius 1 is 1.14 bits per heavy atom. The van der Waals surface area contributed by atoms with Crippen LogP contribution >= 0.6 is 23.2 Å². The van der Waals surface area contributed by atoms with Gasteiger partial charge in [0.1, 0.15) is 0 Å². The van der Waals surface area contributed by atoms with Crippen molar-refractivity contribution in [1.29, 1.82) is 0 Å². The topological polar surface area (TPSA) is 38.7 Å². The van der Waals surface area contributed by atoms with Crippen molar-refractivity contribution < 1.29 is 35.9 Å². The summed E-state index contributed by atoms with van der Waals surface area (Å²) in [5.74, 6) is -1.08. The van der Waals surface area contributed by atoms with Crippen LogP contribution in [0.4, 0.5) is 32.0 Å². The summed E-state index contributed by atoms with van der Waals surface area (Å²) < 4.78 is 78.4. The van der Waals surface area contributed by atoms with Gasteiger partial charge in [0.15, 0.2) is 5.75 Å². The number of rotatable bonds is 4. The lowest BCUT2D eigenvalue weighted by atomic mass is 10.3. The molecule has 1 aromatic carbocycles. The third kappa shape index (κ3) is 4.26. The van der Waals surface area contributed by atoms with Crippen LogP contribution in [-0.4, -0.2) is 24.5 Å². The van der Waals surface area contributed by atoms with Crippen molar-refractivity contribution in [2.24, 2.45) is 4.99 Å². The average molecular weight is 354 g/mol. The van der Waals surface area contributed by atoms with Gasteiger partial charge < -0.3 is 4.74 Å². The molecule has 1 aromatic rings. The zero-order chi connectivity index (χ0) is 16.4. The molecule has 0 aliphatic rings. The molecule has 0 saturated carbocycles. The highest BCUT2D eigenvalue weighted by molar-refractivity contribution is 6.37. The number of hydrogen-bond donors (Lipinski definition) is 0. The second kappa shape index (κ2) is 6.13. The number of isocyanates is 1. The van der Waals surface area contributed by atoms with Crippen molar-refractivity contribution in [2.45, 2.75) is 18.5 Å². The molecule has 1 unspecified atom stereocenters. The minimum Gasteiger partial charge on any atom is -0.427 e. The Hall–Kier alpha value is -1.44. The summed E-state index contributed by atoms with van der Waals surface area (Å²) in [6.45, 7) is 0. The average Bonchev–Trinajstić information content (AvgIpc) is 2.32. The Bertz CT molecular complexity index is 562. The van der Waals surface area contributed by atoms with E-state index in [0.29, 0.717) is 0 Å². The van der Waals surface area contributed by atoms with Crippen LogP contribution in [0.1, 0.15) is 0 Å². The summed E-state index contributed by atoms with van der Waals surface area (Å²) in [6.07, 6.45) is -14.6. The zero-order valence-electron chi connectivity index (χ0n) is 9.52. The number of alkyl halides is 6. The molecule has 0 N–H and O–H groups in total. The van der Waals surface area contributed by atoms with Crippen molar-refractivity contribution in [1.82, 2.24) is 0 Å². The Balaban J connectivity index is 3.16. The molecule has 0 saturated heterocycles. The summed E-state index contributed by atoms with van der Waals surface area (Å²) in [5.41, 5.74) is -0.205. The second-order valence-electron chi connectivity index (χ2n) is 3.51. The molecular formula is C10H3Cl2F6NO2. The molecule has 3 nitrogen and oxygen atoms in total. The Kier molecular flexibility index (Phi) is 5.14. The van der Waals surface area contributed by atoms with Gasteiger partial charge >= 0.3 is 12.3 Å². The van der Waals surface area contributed by atoms with Gasteiger partial charge in [0.05, 0.1) is 15.7 Å². The molecule has 21 heavy (non-hydrogen) atoms. The number of ether oxygens (including phenoxy) is 1. The molecule has 0 aromatic heterocycles. The minimum atomic E-state index is -5.84. The van der Waals surface area contributed by atoms with E-state index < -0.39 is 34.3 Å². The van der Waals surface area contributed by atoms with Crippen LogP contribution in [0.2, 0.25) is 10.0 Å². The van der Waals surface area contributed by atoms with Gasteiger partial charge in [0.25, 0.3) is 6.17 Å². The van der Waals surface area contributed by atoms with Gasteiger partial charge in [-0.1, -0.05) is 23.2 Å². The van der Waals surface area contributed by atoms with Crippen molar-refractivity contribution in [3.63, 3.8) is 0 Å². The summed E-state index contributed by atoms with van der Waals surface area (Å²) in [4.78, 5) is 13.1. The first-order chi connectivity index (χ1) is 9.49. The van der Waals surface area contributed by atoms with E-state index in [1.807, 2.05) is 0 Å². The first-order valence-electron chi connectivity index (χ1n) is 4.83. The van der Waals surface area contributed by atoms with Crippen LogP contribution in [0.25, 0.3) is 0 Å². The first-order valence-corrected chi connectivity index (χ1v) is 5.59. The maximum atomic E-state index is 13.1. The van der Waals surface area contributed by atoms with Crippen LogP contribution in [0.3, 0.4) is 0 Å². The van der Waals surface area contributed by atoms with Gasteiger partial charge in [-0.2, -0.15) is 26.9 Å². The summed E-state index contributed by atoms with van der Waals surface area (Å²) in [7, 11) is 0. The number of benzene rings is 1. The predicted octanol–water partition coefficient (Wildman–Crippen LogP) is 4.83. The van der Waals surface area contributed by atoms with Gasteiger partial charge in [0, 0.05) is 0 Å². The van der Waals surface area contributed by atoms with E-state index in [0.717, 1.165) is 18.2 Å². The van der Waals surface area contributed by atoms with Crippen LogP contribution in [-0.2, 0) is 4.79 Å². The van der Waals surface area contributed by atoms with Gasteiger partial charge in [0.2, 0.25) is 6.08 Å². The van der Waals surface area contributed by atoms with Crippen molar-refractivity contribution >= 4 is 35.0 Å². The lowest BCUT2D eigenvalue weighted by molar-refractivity contribution is -0.304. The van der Waals surface area contributed by atoms with Crippen LogP contribution in [0.15, 0.2) is 17.1 Å². The van der Waals surface area contributed by atoms with Gasteiger partial charge in [-0.15, -0.1) is 0 Å². The SMILES string of the molecule is O=C=Nc1cc(Cl)c(OC(F)(F)C(F)C(F)(F)F)c(Cl)c1. The highest BCUT2D eigenvalue weighted by atomic mass is 35.5. The van der Waals surface area contributed by atoms with E-state index >= 15 is 0 Å². The molecule has 11 heteroatoms. The highest BCUT2D eigenvalue weighted by Crippen LogP contribution is 2.42. The maximum absolute atomic E-state index is 13.1. The van der Waals surface area contributed by atoms with Crippen molar-refractivity contribution in [2.75, 3.05) is 0 Å². The van der Waals surface area contributed by atoms with E-state index in [2.05, 4.69) is 9.73 Å². The number of aliphatic imine (C=N–C) groups is 1. The van der Waals surface area contributed by atoms with E-state index in [4.69, 9.17) is 23.2 Å². The number of carbonyl (C=O) groups excluding carboxylic acids is 1. The van der Waals surface area contributed by atoms with Gasteiger partial charge in [-0.3, -0.25) is 0 Å². The lowest BCUT2D eigenvalue weighted by Gasteiger charge is -2.24. The standard InChI is InChI=1S/C10H3Cl2F6NO2/c11-5-1-4(19-3-20)2-6(12)7(5)21-10(17,18)8(13)9(14,15)16/h1-2,8H. The van der Waals surface area contributed by atoms with Crippen molar-refractivity contribution in [3.8, 4) is 5.75 Å². The van der Waals surface area contributed by atoms with E-state index in [-0.39, 0.29) is 5.69 Å². The Labute approximate surface area is 123 Å². The fraction of sp³-hybridized carbons (Fsp3) is 0.300. The largest absolute Gasteiger partial charge is 0.439 e. The normalized spacial score (nSPS) is 13.5. The Morgan fingerprint density at radius 2 is 1.62 bits per heavy atom. The smallest absolute Gasteiger partial charge is 0.427 e. The number of halogens is 8. The molecule has 0 spiro atoms. The van der Waals surface area contributed by atoms with E-state index in [1.165, 1.54) is 0 Å². The summed E-state index contributed by atoms with van der Waals surface area (Å²) in [5, 5.41) is -1.38. The minimum absolute atomic E-state index is 0.205. The molecule has 0 fully saturated rings. The third-order valence-corrected chi connectivity index (χ3v) is 2.54. The molecule has 0 bridgehead atoms. The molecule has 0 amide bonds. The van der Waals surface area contributed by atoms with Gasteiger partial charge in [-0.25, -0.2) is 9.18 Å². The number of nitrogens with zero attached hydrogens (tertiary/aromatic N) is 1. The second-order valence-corrected chi connectivity index (χ2v) is 4.32. The molecule has 116 valence electrons. The summed E-state index contributed by atoms with van der Waals surface area (Å²) in [6, 6.07) is 1.59. The molecule has 0 aliphatic carbocycles. The molecule has 0 aliphatic heterocycles. The molecule has 0 heterocycles. The fourth-order valence-electron chi connectivity index (χ4n) is 1.14. The summed E-state index contributed by atoms with van der Waals surface area (Å²) >= 11 is 10.9. The number of hydrogen-bond acceptors (Lipinski definition) is 3. The predicted molar refractivity (Wildman–Crippen MR) is 60.8 cm³/mol. The first kappa shape index (κ1) is 17.6. The monoisotopic (exact) mass is 353 g/mol. The van der Waals surface area contributed by atoms with Crippen LogP contribution < -0.4 is 4.74 Å². The Morgan fingerprint density at radius 3 is 2.00 bits per heavy atom. The van der Waals surface area contributed by atoms with Crippen molar-refractivity contribution in [3.05, 3.63) is 22.2 Å².